The van der Waals surface area contributed by atoms with E-state index in [2.05, 4.69) is 5.32 Å². The number of benzene rings is 1. The Labute approximate surface area is 115 Å². The highest BCUT2D eigenvalue weighted by Crippen LogP contribution is 2.34. The number of furan rings is 1. The highest BCUT2D eigenvalue weighted by Gasteiger charge is 2.13. The van der Waals surface area contributed by atoms with E-state index >= 15 is 0 Å². The zero-order valence-electron chi connectivity index (χ0n) is 10.9. The van der Waals surface area contributed by atoms with Crippen LogP contribution in [0.4, 0.5) is 5.69 Å². The van der Waals surface area contributed by atoms with E-state index in [1.807, 2.05) is 13.0 Å². The van der Waals surface area contributed by atoms with E-state index in [4.69, 9.17) is 13.9 Å². The summed E-state index contributed by atoms with van der Waals surface area (Å²) in [6.07, 6.45) is 3.04. The van der Waals surface area contributed by atoms with Crippen LogP contribution in [0.3, 0.4) is 0 Å². The molecule has 5 nitrogen and oxygen atoms in total. The average molecular weight is 271 g/mol. The lowest BCUT2D eigenvalue weighted by molar-refractivity contribution is -0.111. The molecule has 3 rings (SSSR count). The number of carbonyl (C=O) groups excluding carboxylic acids is 1. The lowest BCUT2D eigenvalue weighted by atomic mass is 10.2. The number of hydrogen-bond acceptors (Lipinski definition) is 4. The van der Waals surface area contributed by atoms with Gasteiger partial charge in [0.05, 0.1) is 0 Å². The molecule has 0 unspecified atom stereocenters. The van der Waals surface area contributed by atoms with Crippen molar-refractivity contribution in [2.45, 2.75) is 6.92 Å². The van der Waals surface area contributed by atoms with Crippen LogP contribution in [0, 0.1) is 6.92 Å². The van der Waals surface area contributed by atoms with Crippen LogP contribution in [0.15, 0.2) is 40.8 Å². The van der Waals surface area contributed by atoms with Gasteiger partial charge in [-0.05, 0) is 37.3 Å². The molecule has 1 aromatic carbocycles. The topological polar surface area (TPSA) is 60.7 Å². The molecule has 20 heavy (non-hydrogen) atoms. The molecule has 0 radical (unpaired) electrons. The molecule has 0 bridgehead atoms. The molecule has 0 saturated carbocycles. The maximum Gasteiger partial charge on any atom is 0.248 e. The van der Waals surface area contributed by atoms with Crippen LogP contribution in [-0.2, 0) is 4.79 Å². The Balaban J connectivity index is 1.65. The number of aryl methyl sites for hydroxylation is 1. The summed E-state index contributed by atoms with van der Waals surface area (Å²) < 4.78 is 15.8. The molecule has 1 aromatic heterocycles. The Morgan fingerprint density at radius 1 is 1.20 bits per heavy atom. The molecule has 2 aromatic rings. The maximum atomic E-state index is 11.8. The average Bonchev–Trinajstić information content (AvgIpc) is 3.04. The summed E-state index contributed by atoms with van der Waals surface area (Å²) in [5.41, 5.74) is 0.652. The molecule has 1 amide bonds. The summed E-state index contributed by atoms with van der Waals surface area (Å²) >= 11 is 0. The summed E-state index contributed by atoms with van der Waals surface area (Å²) in [6.45, 7) is 2.06. The minimum absolute atomic E-state index is 0.213. The quantitative estimate of drug-likeness (QED) is 0.872. The van der Waals surface area contributed by atoms with Crippen molar-refractivity contribution in [3.05, 3.63) is 47.9 Å². The SMILES string of the molecule is Cc1ccc(C=CC(=O)Nc2ccc3c(c2)OCO3)o1. The first-order valence-electron chi connectivity index (χ1n) is 6.16. The van der Waals surface area contributed by atoms with Gasteiger partial charge in [0, 0.05) is 17.8 Å². The predicted octanol–water partition coefficient (Wildman–Crippen LogP) is 2.97. The van der Waals surface area contributed by atoms with Gasteiger partial charge in [-0.3, -0.25) is 4.79 Å². The Kier molecular flexibility index (Phi) is 3.16. The van der Waals surface area contributed by atoms with E-state index in [-0.39, 0.29) is 12.7 Å². The van der Waals surface area contributed by atoms with Gasteiger partial charge in [0.25, 0.3) is 0 Å². The van der Waals surface area contributed by atoms with Crippen molar-refractivity contribution in [1.82, 2.24) is 0 Å². The standard InChI is InChI=1S/C15H13NO4/c1-10-2-4-12(20-10)5-7-15(17)16-11-3-6-13-14(8-11)19-9-18-13/h2-8H,9H2,1H3,(H,16,17). The number of fused-ring (bicyclic) bond motifs is 1. The van der Waals surface area contributed by atoms with Crippen LogP contribution in [0.25, 0.3) is 6.08 Å². The van der Waals surface area contributed by atoms with Crippen LogP contribution in [-0.4, -0.2) is 12.7 Å². The number of rotatable bonds is 3. The molecular weight excluding hydrogens is 258 g/mol. The molecule has 0 saturated heterocycles. The fraction of sp³-hybridized carbons (Fsp3) is 0.133. The molecule has 1 aliphatic heterocycles. The van der Waals surface area contributed by atoms with Gasteiger partial charge in [-0.2, -0.15) is 0 Å². The highest BCUT2D eigenvalue weighted by molar-refractivity contribution is 6.01. The first-order valence-corrected chi connectivity index (χ1v) is 6.16. The van der Waals surface area contributed by atoms with Gasteiger partial charge < -0.3 is 19.2 Å². The fourth-order valence-corrected chi connectivity index (χ4v) is 1.86. The minimum Gasteiger partial charge on any atom is -0.462 e. The molecule has 102 valence electrons. The first kappa shape index (κ1) is 12.3. The third-order valence-electron chi connectivity index (χ3n) is 2.80. The molecule has 1 aliphatic rings. The molecule has 0 spiro atoms. The zero-order chi connectivity index (χ0) is 13.9. The van der Waals surface area contributed by atoms with Crippen molar-refractivity contribution in [3.63, 3.8) is 0 Å². The lowest BCUT2D eigenvalue weighted by Gasteiger charge is -2.03. The molecule has 2 heterocycles. The Morgan fingerprint density at radius 2 is 2.05 bits per heavy atom. The smallest absolute Gasteiger partial charge is 0.248 e. The van der Waals surface area contributed by atoms with Crippen molar-refractivity contribution in [1.29, 1.82) is 0 Å². The summed E-state index contributed by atoms with van der Waals surface area (Å²) in [6, 6.07) is 8.90. The van der Waals surface area contributed by atoms with Crippen molar-refractivity contribution >= 4 is 17.7 Å². The third kappa shape index (κ3) is 2.66. The van der Waals surface area contributed by atoms with E-state index in [1.54, 1.807) is 30.3 Å². The van der Waals surface area contributed by atoms with Gasteiger partial charge in [0.1, 0.15) is 11.5 Å². The monoisotopic (exact) mass is 271 g/mol. The lowest BCUT2D eigenvalue weighted by Crippen LogP contribution is -2.07. The minimum atomic E-state index is -0.238. The van der Waals surface area contributed by atoms with Gasteiger partial charge in [0.15, 0.2) is 11.5 Å². The molecule has 1 N–H and O–H groups in total. The van der Waals surface area contributed by atoms with Crippen LogP contribution in [0.2, 0.25) is 0 Å². The maximum absolute atomic E-state index is 11.8. The van der Waals surface area contributed by atoms with Gasteiger partial charge in [-0.1, -0.05) is 0 Å². The number of carbonyl (C=O) groups is 1. The van der Waals surface area contributed by atoms with Gasteiger partial charge in [-0.15, -0.1) is 0 Å². The second kappa shape index (κ2) is 5.13. The van der Waals surface area contributed by atoms with E-state index in [0.717, 1.165) is 5.76 Å². The summed E-state index contributed by atoms with van der Waals surface area (Å²) in [7, 11) is 0. The van der Waals surface area contributed by atoms with Crippen LogP contribution < -0.4 is 14.8 Å². The summed E-state index contributed by atoms with van der Waals surface area (Å²) in [5.74, 6) is 2.53. The molecule has 0 aliphatic carbocycles. The molecule has 0 atom stereocenters. The number of anilines is 1. The molecular formula is C15H13NO4. The van der Waals surface area contributed by atoms with E-state index in [1.165, 1.54) is 6.08 Å². The number of amides is 1. The van der Waals surface area contributed by atoms with Crippen molar-refractivity contribution in [2.24, 2.45) is 0 Å². The summed E-state index contributed by atoms with van der Waals surface area (Å²) in [5, 5.41) is 2.75. The largest absolute Gasteiger partial charge is 0.462 e. The normalized spacial score (nSPS) is 12.8. The van der Waals surface area contributed by atoms with Gasteiger partial charge >= 0.3 is 0 Å². The number of nitrogens with one attached hydrogen (secondary N) is 1. The van der Waals surface area contributed by atoms with E-state index < -0.39 is 0 Å². The van der Waals surface area contributed by atoms with Crippen molar-refractivity contribution < 1.29 is 18.7 Å². The Morgan fingerprint density at radius 3 is 2.85 bits per heavy atom. The Hall–Kier alpha value is -2.69. The number of hydrogen-bond donors (Lipinski definition) is 1. The second-order valence-electron chi connectivity index (χ2n) is 4.34. The third-order valence-corrected chi connectivity index (χ3v) is 2.80. The zero-order valence-corrected chi connectivity index (χ0v) is 10.9. The van der Waals surface area contributed by atoms with Gasteiger partial charge in [0.2, 0.25) is 12.7 Å². The Bertz CT molecular complexity index is 672. The predicted molar refractivity (Wildman–Crippen MR) is 73.7 cm³/mol. The molecule has 5 heteroatoms. The summed E-state index contributed by atoms with van der Waals surface area (Å²) in [4.78, 5) is 11.8. The van der Waals surface area contributed by atoms with Crippen molar-refractivity contribution in [2.75, 3.05) is 12.1 Å². The second-order valence-corrected chi connectivity index (χ2v) is 4.34. The van der Waals surface area contributed by atoms with E-state index in [9.17, 15) is 4.79 Å². The molecule has 0 fully saturated rings. The highest BCUT2D eigenvalue weighted by atomic mass is 16.7. The van der Waals surface area contributed by atoms with E-state index in [0.29, 0.717) is 22.9 Å². The van der Waals surface area contributed by atoms with Gasteiger partial charge in [-0.25, -0.2) is 0 Å². The van der Waals surface area contributed by atoms with Crippen LogP contribution in [0.5, 0.6) is 11.5 Å². The fourth-order valence-electron chi connectivity index (χ4n) is 1.86. The van der Waals surface area contributed by atoms with Crippen LogP contribution in [0.1, 0.15) is 11.5 Å². The van der Waals surface area contributed by atoms with Crippen molar-refractivity contribution in [3.8, 4) is 11.5 Å². The first-order chi connectivity index (χ1) is 9.70. The number of ether oxygens (including phenoxy) is 2. The van der Waals surface area contributed by atoms with Crippen LogP contribution >= 0.6 is 0 Å².